The summed E-state index contributed by atoms with van der Waals surface area (Å²) >= 11 is 0. The van der Waals surface area contributed by atoms with Crippen molar-refractivity contribution in [1.29, 1.82) is 0 Å². The minimum Gasteiger partial charge on any atom is -0.394 e. The van der Waals surface area contributed by atoms with Crippen LogP contribution in [0.3, 0.4) is 0 Å². The van der Waals surface area contributed by atoms with Crippen LogP contribution in [0.25, 0.3) is 0 Å². The number of nitrogens with one attached hydrogen (secondary N) is 1. The molecule has 1 fully saturated rings. The number of carbonyl (C=O) groups is 1. The van der Waals surface area contributed by atoms with Crippen molar-refractivity contribution < 1.29 is 39.8 Å². The van der Waals surface area contributed by atoms with Crippen LogP contribution in [-0.4, -0.2) is 87.5 Å². The summed E-state index contributed by atoms with van der Waals surface area (Å²) in [5, 5.41) is 53.5. The molecule has 0 spiro atoms. The average molecular weight is 562 g/mol. The summed E-state index contributed by atoms with van der Waals surface area (Å²) in [6.45, 7) is 3.71. The van der Waals surface area contributed by atoms with E-state index in [4.69, 9.17) is 9.47 Å². The van der Waals surface area contributed by atoms with E-state index in [1.807, 2.05) is 0 Å². The summed E-state index contributed by atoms with van der Waals surface area (Å²) < 4.78 is 11.1. The summed E-state index contributed by atoms with van der Waals surface area (Å²) in [6, 6.07) is -0.705. The van der Waals surface area contributed by atoms with E-state index in [1.165, 1.54) is 64.2 Å². The Kier molecular flexibility index (Phi) is 21.2. The zero-order valence-electron chi connectivity index (χ0n) is 24.6. The fourth-order valence-corrected chi connectivity index (χ4v) is 5.04. The number of aliphatic hydroxyl groups is 5. The summed E-state index contributed by atoms with van der Waals surface area (Å²) in [4.78, 5) is 12.6. The Hall–Kier alpha value is -0.810. The number of aliphatic hydroxyl groups excluding tert-OH is 5. The third-order valence-electron chi connectivity index (χ3n) is 7.71. The summed E-state index contributed by atoms with van der Waals surface area (Å²) in [7, 11) is 0. The summed E-state index contributed by atoms with van der Waals surface area (Å²) in [5.41, 5.74) is 0. The van der Waals surface area contributed by atoms with Crippen molar-refractivity contribution in [3.8, 4) is 0 Å². The van der Waals surface area contributed by atoms with E-state index in [1.54, 1.807) is 0 Å². The van der Waals surface area contributed by atoms with Gasteiger partial charge in [0.15, 0.2) is 6.29 Å². The topological polar surface area (TPSA) is 149 Å². The third-order valence-corrected chi connectivity index (χ3v) is 7.71. The first-order chi connectivity index (χ1) is 18.8. The van der Waals surface area contributed by atoms with Gasteiger partial charge in [0.05, 0.1) is 25.4 Å². The van der Waals surface area contributed by atoms with Gasteiger partial charge >= 0.3 is 0 Å². The minimum absolute atomic E-state index is 0.135. The molecule has 0 saturated carbocycles. The van der Waals surface area contributed by atoms with Crippen molar-refractivity contribution in [1.82, 2.24) is 5.32 Å². The summed E-state index contributed by atoms with van der Waals surface area (Å²) in [6.07, 6.45) is 11.4. The first-order valence-electron chi connectivity index (χ1n) is 15.7. The highest BCUT2D eigenvalue weighted by Crippen LogP contribution is 2.22. The Morgan fingerprint density at radius 2 is 1.28 bits per heavy atom. The van der Waals surface area contributed by atoms with Crippen LogP contribution in [0, 0.1) is 0 Å². The molecule has 6 N–H and O–H groups in total. The second-order valence-corrected chi connectivity index (χ2v) is 11.3. The molecule has 9 nitrogen and oxygen atoms in total. The average Bonchev–Trinajstić information content (AvgIpc) is 2.93. The first kappa shape index (κ1) is 36.2. The van der Waals surface area contributed by atoms with Crippen molar-refractivity contribution in [3.05, 3.63) is 0 Å². The largest absolute Gasteiger partial charge is 0.394 e. The smallest absolute Gasteiger partial charge is 0.220 e. The van der Waals surface area contributed by atoms with Crippen molar-refractivity contribution >= 4 is 5.91 Å². The number of carbonyl (C=O) groups excluding carboxylic acids is 1. The van der Waals surface area contributed by atoms with Crippen LogP contribution < -0.4 is 5.32 Å². The molecule has 1 heterocycles. The van der Waals surface area contributed by atoms with Gasteiger partial charge in [-0.1, -0.05) is 110 Å². The van der Waals surface area contributed by atoms with E-state index in [9.17, 15) is 30.3 Å². The van der Waals surface area contributed by atoms with E-state index in [0.29, 0.717) is 12.8 Å². The molecule has 0 aliphatic carbocycles. The zero-order chi connectivity index (χ0) is 28.9. The highest BCUT2D eigenvalue weighted by Gasteiger charge is 2.44. The number of unbranched alkanes of at least 4 members (excludes halogenated alkanes) is 14. The Bertz CT molecular complexity index is 593. The van der Waals surface area contributed by atoms with Crippen LogP contribution in [0.5, 0.6) is 0 Å². The molecule has 7 unspecified atom stereocenters. The van der Waals surface area contributed by atoms with Gasteiger partial charge in [-0.25, -0.2) is 0 Å². The standard InChI is InChI=1S/C30H59NO8/c1-3-5-7-9-11-12-13-14-15-17-19-24(33)23(31-26(34)20-18-16-10-8-6-4-2)22-38-30-29(37)28(36)27(35)25(21-32)39-30/h23-25,27-30,32-33,35-37H,3-22H2,1-2H3,(H,31,34). The number of ether oxygens (including phenoxy) is 2. The Morgan fingerprint density at radius 1 is 0.769 bits per heavy atom. The van der Waals surface area contributed by atoms with E-state index < -0.39 is 49.5 Å². The molecule has 0 aromatic carbocycles. The molecule has 0 aromatic heterocycles. The molecular weight excluding hydrogens is 502 g/mol. The number of rotatable bonds is 24. The van der Waals surface area contributed by atoms with Crippen LogP contribution >= 0.6 is 0 Å². The van der Waals surface area contributed by atoms with Gasteiger partial charge in [-0.05, 0) is 12.8 Å². The molecular formula is C30H59NO8. The SMILES string of the molecule is CCCCCCCCCCCCC(O)C(COC1OC(CO)C(O)C(O)C1O)NC(=O)CCCCCCCC. The molecule has 0 aromatic rings. The maximum atomic E-state index is 12.6. The lowest BCUT2D eigenvalue weighted by Gasteiger charge is -2.40. The molecule has 1 aliphatic heterocycles. The van der Waals surface area contributed by atoms with E-state index in [-0.39, 0.29) is 12.5 Å². The molecule has 1 aliphatic rings. The molecule has 232 valence electrons. The predicted molar refractivity (Wildman–Crippen MR) is 152 cm³/mol. The molecule has 1 amide bonds. The molecule has 1 rings (SSSR count). The lowest BCUT2D eigenvalue weighted by atomic mass is 9.99. The van der Waals surface area contributed by atoms with Crippen LogP contribution in [0.4, 0.5) is 0 Å². The minimum atomic E-state index is -1.54. The second-order valence-electron chi connectivity index (χ2n) is 11.3. The van der Waals surface area contributed by atoms with Gasteiger partial charge in [0.25, 0.3) is 0 Å². The van der Waals surface area contributed by atoms with E-state index in [2.05, 4.69) is 19.2 Å². The number of hydrogen-bond donors (Lipinski definition) is 6. The summed E-state index contributed by atoms with van der Waals surface area (Å²) in [5.74, 6) is -0.157. The maximum Gasteiger partial charge on any atom is 0.220 e. The van der Waals surface area contributed by atoms with Gasteiger partial charge in [0.2, 0.25) is 5.91 Å². The lowest BCUT2D eigenvalue weighted by Crippen LogP contribution is -2.60. The second kappa shape index (κ2) is 22.8. The van der Waals surface area contributed by atoms with Gasteiger partial charge in [0, 0.05) is 6.42 Å². The van der Waals surface area contributed by atoms with Gasteiger partial charge in [-0.2, -0.15) is 0 Å². The molecule has 1 saturated heterocycles. The van der Waals surface area contributed by atoms with Crippen molar-refractivity contribution in [2.45, 2.75) is 172 Å². The molecule has 0 bridgehead atoms. The fraction of sp³-hybridized carbons (Fsp3) is 0.967. The highest BCUT2D eigenvalue weighted by molar-refractivity contribution is 5.76. The van der Waals surface area contributed by atoms with E-state index >= 15 is 0 Å². The Balaban J connectivity index is 2.52. The van der Waals surface area contributed by atoms with E-state index in [0.717, 1.165) is 38.5 Å². The zero-order valence-corrected chi connectivity index (χ0v) is 24.6. The van der Waals surface area contributed by atoms with Crippen LogP contribution in [-0.2, 0) is 14.3 Å². The molecule has 7 atom stereocenters. The quantitative estimate of drug-likeness (QED) is 0.0977. The van der Waals surface area contributed by atoms with Crippen molar-refractivity contribution in [2.75, 3.05) is 13.2 Å². The van der Waals surface area contributed by atoms with Gasteiger partial charge in [-0.3, -0.25) is 4.79 Å². The Morgan fingerprint density at radius 3 is 1.82 bits per heavy atom. The van der Waals surface area contributed by atoms with Crippen LogP contribution in [0.15, 0.2) is 0 Å². The molecule has 9 heteroatoms. The molecule has 0 radical (unpaired) electrons. The van der Waals surface area contributed by atoms with Gasteiger partial charge in [0.1, 0.15) is 24.4 Å². The Labute approximate surface area is 236 Å². The number of amides is 1. The van der Waals surface area contributed by atoms with Crippen LogP contribution in [0.1, 0.15) is 129 Å². The lowest BCUT2D eigenvalue weighted by molar-refractivity contribution is -0.302. The third kappa shape index (κ3) is 15.7. The van der Waals surface area contributed by atoms with Gasteiger partial charge < -0.3 is 40.3 Å². The first-order valence-corrected chi connectivity index (χ1v) is 15.7. The number of hydrogen-bond acceptors (Lipinski definition) is 8. The fourth-order valence-electron chi connectivity index (χ4n) is 5.04. The maximum absolute atomic E-state index is 12.6. The normalized spacial score (nSPS) is 24.9. The monoisotopic (exact) mass is 561 g/mol. The van der Waals surface area contributed by atoms with Crippen molar-refractivity contribution in [3.63, 3.8) is 0 Å². The molecule has 39 heavy (non-hydrogen) atoms. The highest BCUT2D eigenvalue weighted by atomic mass is 16.7. The van der Waals surface area contributed by atoms with Gasteiger partial charge in [-0.15, -0.1) is 0 Å². The predicted octanol–water partition coefficient (Wildman–Crippen LogP) is 3.71. The van der Waals surface area contributed by atoms with Crippen molar-refractivity contribution in [2.24, 2.45) is 0 Å². The van der Waals surface area contributed by atoms with Crippen LogP contribution in [0.2, 0.25) is 0 Å².